The topological polar surface area (TPSA) is 93.8 Å². The maximum atomic E-state index is 13.0. The first-order valence-corrected chi connectivity index (χ1v) is 11.2. The number of anilines is 1. The third-order valence-corrected chi connectivity index (χ3v) is 6.32. The van der Waals surface area contributed by atoms with Crippen molar-refractivity contribution in [1.82, 2.24) is 20.0 Å². The first-order valence-electron chi connectivity index (χ1n) is 11.2. The lowest BCUT2D eigenvalue weighted by Gasteiger charge is -2.35. The normalized spacial score (nSPS) is 24.5. The molecule has 0 aromatic carbocycles. The minimum Gasteiger partial charge on any atom is -0.378 e. The van der Waals surface area contributed by atoms with Crippen LogP contribution in [0, 0.1) is 6.92 Å². The second-order valence-corrected chi connectivity index (χ2v) is 8.53. The molecule has 3 aliphatic rings. The zero-order valence-electron chi connectivity index (χ0n) is 18.0. The fourth-order valence-electron chi connectivity index (χ4n) is 4.67. The molecule has 5 heterocycles. The maximum Gasteiger partial charge on any atom is 0.251 e. The van der Waals surface area contributed by atoms with Gasteiger partial charge < -0.3 is 23.8 Å². The number of morpholine rings is 1. The molecule has 0 bridgehead atoms. The average molecular weight is 428 g/mol. The van der Waals surface area contributed by atoms with Gasteiger partial charge in [0.1, 0.15) is 6.10 Å². The molecule has 3 saturated heterocycles. The average Bonchev–Trinajstić information content (AvgIpc) is 3.51. The Kier molecular flexibility index (Phi) is 5.87. The van der Waals surface area contributed by atoms with Crippen LogP contribution in [0.25, 0.3) is 11.3 Å². The lowest BCUT2D eigenvalue weighted by Crippen LogP contribution is -2.44. The van der Waals surface area contributed by atoms with E-state index in [1.165, 1.54) is 0 Å². The Morgan fingerprint density at radius 1 is 1.13 bits per heavy atom. The lowest BCUT2D eigenvalue weighted by atomic mass is 9.91. The van der Waals surface area contributed by atoms with Crippen LogP contribution < -0.4 is 4.90 Å². The summed E-state index contributed by atoms with van der Waals surface area (Å²) in [5.74, 6) is 1.61. The monoisotopic (exact) mass is 427 g/mol. The lowest BCUT2D eigenvalue weighted by molar-refractivity contribution is -0.142. The van der Waals surface area contributed by atoms with E-state index >= 15 is 0 Å². The van der Waals surface area contributed by atoms with Crippen molar-refractivity contribution < 1.29 is 18.8 Å². The van der Waals surface area contributed by atoms with E-state index in [1.807, 2.05) is 24.1 Å². The first-order chi connectivity index (χ1) is 15.2. The van der Waals surface area contributed by atoms with Gasteiger partial charge in [0, 0.05) is 51.0 Å². The number of aromatic nitrogens is 3. The molecule has 3 aliphatic heterocycles. The molecule has 31 heavy (non-hydrogen) atoms. The summed E-state index contributed by atoms with van der Waals surface area (Å²) in [6, 6.07) is 1.91. The Bertz CT molecular complexity index is 920. The molecule has 0 aliphatic carbocycles. The van der Waals surface area contributed by atoms with Crippen LogP contribution in [0.1, 0.15) is 43.0 Å². The van der Waals surface area contributed by atoms with Gasteiger partial charge in [0.2, 0.25) is 5.95 Å². The van der Waals surface area contributed by atoms with E-state index in [4.69, 9.17) is 19.0 Å². The van der Waals surface area contributed by atoms with Gasteiger partial charge in [0.25, 0.3) is 5.91 Å². The van der Waals surface area contributed by atoms with Crippen LogP contribution in [0.2, 0.25) is 0 Å². The van der Waals surface area contributed by atoms with Crippen LogP contribution in [0.15, 0.2) is 16.8 Å². The molecule has 2 atom stereocenters. The van der Waals surface area contributed by atoms with Crippen LogP contribution in [-0.4, -0.2) is 78.0 Å². The van der Waals surface area contributed by atoms with Gasteiger partial charge in [0.15, 0.2) is 5.76 Å². The molecular weight excluding hydrogens is 398 g/mol. The van der Waals surface area contributed by atoms with Crippen LogP contribution in [0.5, 0.6) is 0 Å². The predicted molar refractivity (Wildman–Crippen MR) is 113 cm³/mol. The molecule has 0 saturated carbocycles. The molecular formula is C22H29N5O4. The van der Waals surface area contributed by atoms with Gasteiger partial charge in [-0.3, -0.25) is 4.79 Å². The Morgan fingerprint density at radius 2 is 2.00 bits per heavy atom. The Morgan fingerprint density at radius 3 is 2.74 bits per heavy atom. The number of hydrogen-bond acceptors (Lipinski definition) is 8. The molecule has 0 N–H and O–H groups in total. The van der Waals surface area contributed by atoms with Gasteiger partial charge in [-0.2, -0.15) is 0 Å². The highest BCUT2D eigenvalue weighted by Crippen LogP contribution is 2.35. The van der Waals surface area contributed by atoms with Gasteiger partial charge in [0.05, 0.1) is 30.2 Å². The number of amides is 1. The van der Waals surface area contributed by atoms with Crippen LogP contribution in [-0.2, 0) is 14.3 Å². The molecule has 2 unspecified atom stereocenters. The van der Waals surface area contributed by atoms with Gasteiger partial charge in [-0.25, -0.2) is 9.97 Å². The van der Waals surface area contributed by atoms with Crippen molar-refractivity contribution in [3.63, 3.8) is 0 Å². The van der Waals surface area contributed by atoms with E-state index in [0.717, 1.165) is 62.3 Å². The molecule has 5 rings (SSSR count). The number of ether oxygens (including phenoxy) is 2. The summed E-state index contributed by atoms with van der Waals surface area (Å²) in [6.07, 6.45) is 5.23. The van der Waals surface area contributed by atoms with Crippen molar-refractivity contribution in [3.8, 4) is 11.3 Å². The van der Waals surface area contributed by atoms with E-state index in [9.17, 15) is 4.79 Å². The molecule has 3 fully saturated rings. The van der Waals surface area contributed by atoms with Gasteiger partial charge in [-0.15, -0.1) is 0 Å². The van der Waals surface area contributed by atoms with E-state index in [1.54, 1.807) is 0 Å². The van der Waals surface area contributed by atoms with E-state index in [2.05, 4.69) is 15.0 Å². The van der Waals surface area contributed by atoms with E-state index in [-0.39, 0.29) is 17.9 Å². The number of carbonyl (C=O) groups is 1. The zero-order chi connectivity index (χ0) is 21.2. The molecule has 9 nitrogen and oxygen atoms in total. The highest BCUT2D eigenvalue weighted by Gasteiger charge is 2.34. The number of rotatable bonds is 4. The highest BCUT2D eigenvalue weighted by molar-refractivity contribution is 5.81. The smallest absolute Gasteiger partial charge is 0.251 e. The minimum atomic E-state index is -0.288. The summed E-state index contributed by atoms with van der Waals surface area (Å²) in [5.41, 5.74) is 2.60. The number of carbonyl (C=O) groups excluding carboxylic acids is 1. The van der Waals surface area contributed by atoms with Crippen molar-refractivity contribution in [2.24, 2.45) is 0 Å². The molecule has 0 spiro atoms. The Labute approximate surface area is 181 Å². The van der Waals surface area contributed by atoms with Crippen molar-refractivity contribution in [2.75, 3.05) is 50.9 Å². The number of piperidine rings is 1. The summed E-state index contributed by atoms with van der Waals surface area (Å²) in [5, 5.41) is 4.05. The van der Waals surface area contributed by atoms with Gasteiger partial charge in [-0.05, 0) is 32.6 Å². The van der Waals surface area contributed by atoms with Crippen LogP contribution >= 0.6 is 0 Å². The third-order valence-electron chi connectivity index (χ3n) is 6.32. The maximum absolute atomic E-state index is 13.0. The summed E-state index contributed by atoms with van der Waals surface area (Å²) in [6.45, 7) is 6.88. The zero-order valence-corrected chi connectivity index (χ0v) is 18.0. The first kappa shape index (κ1) is 20.4. The Hall–Kier alpha value is -2.52. The molecule has 1 amide bonds. The number of likely N-dealkylation sites (tertiary alicyclic amines) is 1. The fraction of sp³-hybridized carbons (Fsp3) is 0.636. The Balaban J connectivity index is 1.45. The largest absolute Gasteiger partial charge is 0.378 e. The van der Waals surface area contributed by atoms with Crippen molar-refractivity contribution in [2.45, 2.75) is 44.6 Å². The number of aryl methyl sites for hydroxylation is 1. The molecule has 9 heteroatoms. The standard InChI is InChI=1S/C22H29N5O4/c1-15-12-19(31-25-15)17-13-23-22(26-7-10-29-11-8-26)24-20(17)16-4-2-6-27(14-16)21(28)18-5-3-9-30-18/h12-13,16,18H,2-11,14H2,1H3. The minimum absolute atomic E-state index is 0.113. The van der Waals surface area contributed by atoms with Crippen LogP contribution in [0.4, 0.5) is 5.95 Å². The van der Waals surface area contributed by atoms with Gasteiger partial charge >= 0.3 is 0 Å². The van der Waals surface area contributed by atoms with E-state index < -0.39 is 0 Å². The quantitative estimate of drug-likeness (QED) is 0.733. The summed E-state index contributed by atoms with van der Waals surface area (Å²) in [7, 11) is 0. The van der Waals surface area contributed by atoms with Crippen molar-refractivity contribution >= 4 is 11.9 Å². The summed E-state index contributed by atoms with van der Waals surface area (Å²) in [4.78, 5) is 26.7. The van der Waals surface area contributed by atoms with E-state index in [0.29, 0.717) is 38.1 Å². The van der Waals surface area contributed by atoms with Crippen molar-refractivity contribution in [1.29, 1.82) is 0 Å². The van der Waals surface area contributed by atoms with Crippen molar-refractivity contribution in [3.05, 3.63) is 23.7 Å². The molecule has 2 aromatic heterocycles. The molecule has 0 radical (unpaired) electrons. The second-order valence-electron chi connectivity index (χ2n) is 8.53. The van der Waals surface area contributed by atoms with Crippen LogP contribution in [0.3, 0.4) is 0 Å². The number of nitrogens with zero attached hydrogens (tertiary/aromatic N) is 5. The second kappa shape index (κ2) is 8.92. The SMILES string of the molecule is Cc1cc(-c2cnc(N3CCOCC3)nc2C2CCCN(C(=O)C3CCCO3)C2)on1. The predicted octanol–water partition coefficient (Wildman–Crippen LogP) is 2.16. The molecule has 2 aromatic rings. The molecule has 166 valence electrons. The van der Waals surface area contributed by atoms with Gasteiger partial charge in [-0.1, -0.05) is 5.16 Å². The summed E-state index contributed by atoms with van der Waals surface area (Å²) < 4.78 is 16.7. The summed E-state index contributed by atoms with van der Waals surface area (Å²) >= 11 is 0. The third kappa shape index (κ3) is 4.29. The fourth-order valence-corrected chi connectivity index (χ4v) is 4.67. The number of hydrogen-bond donors (Lipinski definition) is 0. The highest BCUT2D eigenvalue weighted by atomic mass is 16.5.